The fourth-order valence-electron chi connectivity index (χ4n) is 10.7. The van der Waals surface area contributed by atoms with Gasteiger partial charge in [0.25, 0.3) is 0 Å². The van der Waals surface area contributed by atoms with Gasteiger partial charge in [-0.2, -0.15) is 0 Å². The van der Waals surface area contributed by atoms with E-state index in [-0.39, 0.29) is 0 Å². The summed E-state index contributed by atoms with van der Waals surface area (Å²) in [5, 5.41) is 7.42. The van der Waals surface area contributed by atoms with Crippen LogP contribution in [0.5, 0.6) is 0 Å². The quantitative estimate of drug-likeness (QED) is 0.140. The smallest absolute Gasteiger partial charge is 0.0553 e. The van der Waals surface area contributed by atoms with E-state index in [2.05, 4.69) is 289 Å². The molecule has 0 amide bonds. The Labute approximate surface area is 408 Å². The van der Waals surface area contributed by atoms with E-state index in [1.54, 1.807) is 0 Å². The first kappa shape index (κ1) is 41.0. The number of hydrogen-bond donors (Lipinski definition) is 0. The molecule has 0 aliphatic rings. The summed E-state index contributed by atoms with van der Waals surface area (Å²) in [5.41, 5.74) is 18.6. The molecule has 0 unspecified atom stereocenters. The number of benzene rings is 12. The normalized spacial score (nSPS) is 11.4. The fourth-order valence-corrected chi connectivity index (χ4v) is 10.7. The van der Waals surface area contributed by atoms with Crippen molar-refractivity contribution in [3.8, 4) is 61.3 Å². The summed E-state index contributed by atoms with van der Waals surface area (Å²) >= 11 is 0. The van der Waals surface area contributed by atoms with E-state index in [9.17, 15) is 0 Å². The molecule has 0 aliphatic heterocycles. The summed E-state index contributed by atoms with van der Waals surface area (Å²) < 4.78 is 2.43. The topological polar surface area (TPSA) is 8.17 Å². The van der Waals surface area contributed by atoms with Gasteiger partial charge in [-0.25, -0.2) is 0 Å². The van der Waals surface area contributed by atoms with Crippen LogP contribution in [0.4, 0.5) is 17.1 Å². The van der Waals surface area contributed by atoms with Crippen LogP contribution < -0.4 is 4.90 Å². The number of nitrogens with zero attached hydrogens (tertiary/aromatic N) is 2. The molecule has 0 aliphatic carbocycles. The zero-order valence-electron chi connectivity index (χ0n) is 38.5. The lowest BCUT2D eigenvalue weighted by Crippen LogP contribution is -2.10. The van der Waals surface area contributed by atoms with Gasteiger partial charge in [0, 0.05) is 33.5 Å². The Morgan fingerprint density at radius 3 is 1.46 bits per heavy atom. The largest absolute Gasteiger partial charge is 0.310 e. The highest BCUT2D eigenvalue weighted by molar-refractivity contribution is 6.23. The Hall–Kier alpha value is -9.24. The molecule has 0 spiro atoms. The summed E-state index contributed by atoms with van der Waals surface area (Å²) in [6.07, 6.45) is 0. The van der Waals surface area contributed by atoms with Crippen LogP contribution in [0.15, 0.2) is 279 Å². The van der Waals surface area contributed by atoms with Crippen molar-refractivity contribution >= 4 is 60.4 Å². The summed E-state index contributed by atoms with van der Waals surface area (Å²) in [6, 6.07) is 102. The number of rotatable bonds is 9. The molecular formula is C68H46N2. The fraction of sp³-hybridized carbons (Fsp3) is 0. The van der Waals surface area contributed by atoms with Crippen LogP contribution >= 0.6 is 0 Å². The molecule has 13 aromatic rings. The minimum absolute atomic E-state index is 1.07. The van der Waals surface area contributed by atoms with Gasteiger partial charge in [-0.15, -0.1) is 0 Å². The van der Waals surface area contributed by atoms with E-state index < -0.39 is 0 Å². The minimum Gasteiger partial charge on any atom is -0.310 e. The minimum atomic E-state index is 1.07. The van der Waals surface area contributed by atoms with Gasteiger partial charge in [0.15, 0.2) is 0 Å². The maximum atomic E-state index is 2.44. The van der Waals surface area contributed by atoms with Gasteiger partial charge >= 0.3 is 0 Å². The average Bonchev–Trinajstić information content (AvgIpc) is 3.77. The molecule has 0 saturated carbocycles. The molecule has 0 atom stereocenters. The van der Waals surface area contributed by atoms with Gasteiger partial charge in [0.05, 0.1) is 11.0 Å². The molecule has 1 aromatic heterocycles. The van der Waals surface area contributed by atoms with E-state index >= 15 is 0 Å². The first-order valence-corrected chi connectivity index (χ1v) is 24.1. The maximum absolute atomic E-state index is 2.44. The van der Waals surface area contributed by atoms with Crippen molar-refractivity contribution in [2.24, 2.45) is 0 Å². The Morgan fingerprint density at radius 2 is 0.757 bits per heavy atom. The second kappa shape index (κ2) is 17.4. The molecule has 13 rings (SSSR count). The molecule has 12 aromatic carbocycles. The number of fused-ring (bicyclic) bond motifs is 5. The summed E-state index contributed by atoms with van der Waals surface area (Å²) in [7, 11) is 0. The van der Waals surface area contributed by atoms with E-state index in [1.165, 1.54) is 76.7 Å². The van der Waals surface area contributed by atoms with Crippen molar-refractivity contribution < 1.29 is 0 Å². The molecule has 0 N–H and O–H groups in total. The summed E-state index contributed by atoms with van der Waals surface area (Å²) in [6.45, 7) is 0. The van der Waals surface area contributed by atoms with E-state index in [0.29, 0.717) is 0 Å². The van der Waals surface area contributed by atoms with E-state index in [1.807, 2.05) is 0 Å². The van der Waals surface area contributed by atoms with Crippen LogP contribution in [-0.4, -0.2) is 4.57 Å². The first-order chi connectivity index (χ1) is 34.7. The molecule has 0 fully saturated rings. The Morgan fingerprint density at radius 1 is 0.257 bits per heavy atom. The second-order valence-corrected chi connectivity index (χ2v) is 18.1. The van der Waals surface area contributed by atoms with Crippen molar-refractivity contribution in [2.75, 3.05) is 4.90 Å². The van der Waals surface area contributed by atoms with E-state index in [0.717, 1.165) is 45.0 Å². The highest BCUT2D eigenvalue weighted by Gasteiger charge is 2.22. The number of para-hydroxylation sites is 2. The average molecular weight is 891 g/mol. The lowest BCUT2D eigenvalue weighted by molar-refractivity contribution is 1.18. The van der Waals surface area contributed by atoms with Crippen molar-refractivity contribution in [2.45, 2.75) is 0 Å². The predicted molar refractivity (Wildman–Crippen MR) is 298 cm³/mol. The molecule has 2 heteroatoms. The van der Waals surface area contributed by atoms with Gasteiger partial charge in [-0.3, -0.25) is 0 Å². The van der Waals surface area contributed by atoms with Gasteiger partial charge in [-0.1, -0.05) is 212 Å². The van der Waals surface area contributed by atoms with Gasteiger partial charge in [-0.05, 0) is 144 Å². The third kappa shape index (κ3) is 7.31. The highest BCUT2D eigenvalue weighted by Crippen LogP contribution is 2.46. The molecule has 328 valence electrons. The first-order valence-electron chi connectivity index (χ1n) is 24.1. The summed E-state index contributed by atoms with van der Waals surface area (Å²) in [5.74, 6) is 0. The molecular weight excluding hydrogens is 845 g/mol. The number of hydrogen-bond acceptors (Lipinski definition) is 1. The number of anilines is 3. The van der Waals surface area contributed by atoms with Crippen LogP contribution in [-0.2, 0) is 0 Å². The molecule has 2 nitrogen and oxygen atoms in total. The predicted octanol–water partition coefficient (Wildman–Crippen LogP) is 18.9. The second-order valence-electron chi connectivity index (χ2n) is 18.1. The Balaban J connectivity index is 0.995. The summed E-state index contributed by atoms with van der Waals surface area (Å²) in [4.78, 5) is 2.44. The van der Waals surface area contributed by atoms with Crippen LogP contribution in [0.2, 0.25) is 0 Å². The molecule has 70 heavy (non-hydrogen) atoms. The van der Waals surface area contributed by atoms with Crippen molar-refractivity contribution in [1.82, 2.24) is 4.57 Å². The van der Waals surface area contributed by atoms with Crippen LogP contribution in [0, 0.1) is 0 Å². The monoisotopic (exact) mass is 890 g/mol. The van der Waals surface area contributed by atoms with Crippen LogP contribution in [0.3, 0.4) is 0 Å². The highest BCUT2D eigenvalue weighted by atomic mass is 15.1. The molecule has 1 heterocycles. The van der Waals surface area contributed by atoms with E-state index in [4.69, 9.17) is 0 Å². The van der Waals surface area contributed by atoms with Crippen molar-refractivity contribution in [3.05, 3.63) is 279 Å². The van der Waals surface area contributed by atoms with Crippen LogP contribution in [0.25, 0.3) is 105 Å². The SMILES string of the molecule is c1ccc(-c2cc(-c3ccccc3)cc(N(c3ccc(-c4ccc(-c5cccc6ccccc56)cc4)cc3)c3cccc(-c4c5ccccc5cc5c4c4ccccc4n5-c4ccccc4)c3)c2)cc1. The Bertz CT molecular complexity index is 3960. The molecule has 0 bridgehead atoms. The standard InChI is InChI=1S/C68H46N2/c1-4-18-47(19-5-1)55-42-56(48-20-6-2-7-21-48)45-60(44-55)69(58-40-38-50(39-41-58)49-34-36-52(37-35-49)62-32-17-24-51-22-10-12-29-61(51)62)59-28-16-25-54(43-59)67-63-30-13-11-23-53(63)46-66-68(67)64-31-14-15-33-65(64)70(66)57-26-8-3-9-27-57/h1-46H. The Kier molecular flexibility index (Phi) is 10.2. The van der Waals surface area contributed by atoms with Crippen LogP contribution in [0.1, 0.15) is 0 Å². The maximum Gasteiger partial charge on any atom is 0.0553 e. The lowest BCUT2D eigenvalue weighted by Gasteiger charge is -2.28. The molecule has 0 saturated heterocycles. The van der Waals surface area contributed by atoms with Gasteiger partial charge < -0.3 is 9.47 Å². The van der Waals surface area contributed by atoms with Crippen molar-refractivity contribution in [1.29, 1.82) is 0 Å². The molecule has 0 radical (unpaired) electrons. The third-order valence-corrected chi connectivity index (χ3v) is 13.9. The zero-order chi connectivity index (χ0) is 46.4. The third-order valence-electron chi connectivity index (χ3n) is 13.9. The van der Waals surface area contributed by atoms with Gasteiger partial charge in [0.1, 0.15) is 0 Å². The lowest BCUT2D eigenvalue weighted by atomic mass is 9.92. The number of aromatic nitrogens is 1. The zero-order valence-corrected chi connectivity index (χ0v) is 38.5. The van der Waals surface area contributed by atoms with Gasteiger partial charge in [0.2, 0.25) is 0 Å². The van der Waals surface area contributed by atoms with Crippen molar-refractivity contribution in [3.63, 3.8) is 0 Å².